The lowest BCUT2D eigenvalue weighted by Crippen LogP contribution is -2.30. The fourth-order valence-electron chi connectivity index (χ4n) is 2.38. The van der Waals surface area contributed by atoms with Crippen molar-refractivity contribution in [1.29, 1.82) is 0 Å². The molecule has 1 fully saturated rings. The van der Waals surface area contributed by atoms with Gasteiger partial charge >= 0.3 is 0 Å². The zero-order valence-corrected chi connectivity index (χ0v) is 14.7. The van der Waals surface area contributed by atoms with E-state index in [1.54, 1.807) is 30.3 Å². The van der Waals surface area contributed by atoms with Crippen molar-refractivity contribution < 1.29 is 9.59 Å². The van der Waals surface area contributed by atoms with Gasteiger partial charge in [-0.3, -0.25) is 14.5 Å². The van der Waals surface area contributed by atoms with Crippen LogP contribution in [0.4, 0.5) is 5.69 Å². The molecule has 2 N–H and O–H groups in total. The molecular weight excluding hydrogens is 352 g/mol. The lowest BCUT2D eigenvalue weighted by molar-refractivity contribution is -0.113. The first-order valence-corrected chi connectivity index (χ1v) is 8.69. The van der Waals surface area contributed by atoms with Crippen molar-refractivity contribution in [3.63, 3.8) is 0 Å². The van der Waals surface area contributed by atoms with Crippen molar-refractivity contribution in [1.82, 2.24) is 0 Å². The molecule has 1 aliphatic heterocycles. The fraction of sp³-hybridized carbons (Fsp3) is 0. The van der Waals surface area contributed by atoms with Crippen LogP contribution < -0.4 is 10.6 Å². The van der Waals surface area contributed by atoms with Crippen LogP contribution in [0.1, 0.15) is 15.9 Å². The summed E-state index contributed by atoms with van der Waals surface area (Å²) in [6, 6.07) is 16.4. The Hall–Kier alpha value is -2.70. The quantitative estimate of drug-likeness (QED) is 0.661. The van der Waals surface area contributed by atoms with Gasteiger partial charge in [0.2, 0.25) is 0 Å². The maximum absolute atomic E-state index is 12.7. The van der Waals surface area contributed by atoms with Crippen molar-refractivity contribution in [3.8, 4) is 0 Å². The first-order valence-electron chi connectivity index (χ1n) is 7.46. The minimum atomic E-state index is -0.599. The second kappa shape index (κ2) is 7.46. The predicted octanol–water partition coefficient (Wildman–Crippen LogP) is 3.75. The number of hydrogen-bond donors (Lipinski definition) is 1. The van der Waals surface area contributed by atoms with E-state index in [0.717, 1.165) is 5.56 Å². The summed E-state index contributed by atoms with van der Waals surface area (Å²) in [6.45, 7) is 0. The molecule has 4 nitrogen and oxygen atoms in total. The highest BCUT2D eigenvalue weighted by molar-refractivity contribution is 8.27. The van der Waals surface area contributed by atoms with Gasteiger partial charge in [-0.2, -0.15) is 0 Å². The Kier molecular flexibility index (Phi) is 5.11. The summed E-state index contributed by atoms with van der Waals surface area (Å²) in [7, 11) is 0. The van der Waals surface area contributed by atoms with Gasteiger partial charge in [0.25, 0.3) is 11.8 Å². The number of anilines is 1. The summed E-state index contributed by atoms with van der Waals surface area (Å²) in [4.78, 5) is 26.2. The normalized spacial score (nSPS) is 16.2. The Morgan fingerprint density at radius 3 is 2.48 bits per heavy atom. The summed E-state index contributed by atoms with van der Waals surface area (Å²) in [5.74, 6) is -0.862. The van der Waals surface area contributed by atoms with E-state index in [1.165, 1.54) is 16.7 Å². The van der Waals surface area contributed by atoms with Crippen molar-refractivity contribution >= 4 is 51.9 Å². The van der Waals surface area contributed by atoms with Crippen LogP contribution in [0.5, 0.6) is 0 Å². The summed E-state index contributed by atoms with van der Waals surface area (Å²) < 4.78 is 0.373. The van der Waals surface area contributed by atoms with Gasteiger partial charge in [0.15, 0.2) is 4.32 Å². The summed E-state index contributed by atoms with van der Waals surface area (Å²) in [5.41, 5.74) is 7.11. The molecule has 1 saturated heterocycles. The standard InChI is InChI=1S/C19H14N2O2S2/c20-17(22)14-10-4-5-11-15(14)21-18(23)16(25-19(21)24)12-6-9-13-7-2-1-3-8-13/h1-12H,(H2,20,22)/b9-6+,16-12-. The van der Waals surface area contributed by atoms with E-state index < -0.39 is 5.91 Å². The number of amides is 2. The number of thioether (sulfide) groups is 1. The second-order valence-electron chi connectivity index (χ2n) is 5.19. The van der Waals surface area contributed by atoms with E-state index in [1.807, 2.05) is 42.5 Å². The zero-order chi connectivity index (χ0) is 17.8. The van der Waals surface area contributed by atoms with E-state index in [4.69, 9.17) is 18.0 Å². The Morgan fingerprint density at radius 1 is 1.08 bits per heavy atom. The number of nitrogens with zero attached hydrogens (tertiary/aromatic N) is 1. The number of carbonyl (C=O) groups excluding carboxylic acids is 2. The fourth-order valence-corrected chi connectivity index (χ4v) is 3.61. The van der Waals surface area contributed by atoms with Crippen LogP contribution in [-0.4, -0.2) is 16.1 Å². The van der Waals surface area contributed by atoms with Crippen LogP contribution in [0, 0.1) is 0 Å². The van der Waals surface area contributed by atoms with Gasteiger partial charge in [-0.15, -0.1) is 0 Å². The van der Waals surface area contributed by atoms with Gasteiger partial charge < -0.3 is 5.73 Å². The molecular formula is C19H14N2O2S2. The largest absolute Gasteiger partial charge is 0.366 e. The third kappa shape index (κ3) is 3.70. The molecule has 0 spiro atoms. The third-order valence-electron chi connectivity index (χ3n) is 3.54. The van der Waals surface area contributed by atoms with Gasteiger partial charge in [0, 0.05) is 0 Å². The van der Waals surface area contributed by atoms with Crippen LogP contribution >= 0.6 is 24.0 Å². The monoisotopic (exact) mass is 366 g/mol. The molecule has 0 bridgehead atoms. The highest BCUT2D eigenvalue weighted by Gasteiger charge is 2.34. The van der Waals surface area contributed by atoms with Gasteiger partial charge in [-0.1, -0.05) is 78.6 Å². The number of carbonyl (C=O) groups is 2. The maximum atomic E-state index is 12.7. The number of benzene rings is 2. The Balaban J connectivity index is 1.87. The molecule has 0 unspecified atom stereocenters. The van der Waals surface area contributed by atoms with Crippen LogP contribution in [0.3, 0.4) is 0 Å². The molecule has 0 radical (unpaired) electrons. The molecule has 0 aliphatic carbocycles. The van der Waals surface area contributed by atoms with Gasteiger partial charge in [0.1, 0.15) is 0 Å². The van der Waals surface area contributed by atoms with E-state index in [0.29, 0.717) is 14.9 Å². The molecule has 2 aromatic carbocycles. The Morgan fingerprint density at radius 2 is 1.76 bits per heavy atom. The minimum absolute atomic E-state index is 0.263. The molecule has 2 amide bonds. The van der Waals surface area contributed by atoms with Crippen LogP contribution in [0.15, 0.2) is 71.7 Å². The van der Waals surface area contributed by atoms with Crippen molar-refractivity contribution in [2.45, 2.75) is 0 Å². The van der Waals surface area contributed by atoms with Crippen LogP contribution in [0.25, 0.3) is 6.08 Å². The first kappa shape index (κ1) is 17.1. The molecule has 2 aromatic rings. The predicted molar refractivity (Wildman–Crippen MR) is 106 cm³/mol. The first-order chi connectivity index (χ1) is 12.1. The molecule has 25 heavy (non-hydrogen) atoms. The lowest BCUT2D eigenvalue weighted by Gasteiger charge is -2.17. The molecule has 0 saturated carbocycles. The van der Waals surface area contributed by atoms with E-state index >= 15 is 0 Å². The van der Waals surface area contributed by atoms with Crippen molar-refractivity contribution in [3.05, 3.63) is 82.8 Å². The number of para-hydroxylation sites is 1. The summed E-state index contributed by atoms with van der Waals surface area (Å²) >= 11 is 6.52. The number of thiocarbonyl (C=S) groups is 1. The molecule has 0 atom stereocenters. The molecule has 3 rings (SSSR count). The van der Waals surface area contributed by atoms with E-state index in [9.17, 15) is 9.59 Å². The average molecular weight is 366 g/mol. The Bertz CT molecular complexity index is 905. The number of hydrogen-bond acceptors (Lipinski definition) is 4. The SMILES string of the molecule is NC(=O)c1ccccc1N1C(=O)/C(=C/C=C/c2ccccc2)SC1=S. The highest BCUT2D eigenvalue weighted by Crippen LogP contribution is 2.36. The van der Waals surface area contributed by atoms with Crippen LogP contribution in [0.2, 0.25) is 0 Å². The summed E-state index contributed by atoms with van der Waals surface area (Å²) in [6.07, 6.45) is 5.44. The molecule has 124 valence electrons. The maximum Gasteiger partial charge on any atom is 0.270 e. The zero-order valence-electron chi connectivity index (χ0n) is 13.1. The van der Waals surface area contributed by atoms with Gasteiger partial charge in [-0.25, -0.2) is 0 Å². The minimum Gasteiger partial charge on any atom is -0.366 e. The highest BCUT2D eigenvalue weighted by atomic mass is 32.2. The molecule has 0 aromatic heterocycles. The third-order valence-corrected chi connectivity index (χ3v) is 4.86. The van der Waals surface area contributed by atoms with Gasteiger partial charge in [-0.05, 0) is 23.8 Å². The van der Waals surface area contributed by atoms with Gasteiger partial charge in [0.05, 0.1) is 16.2 Å². The smallest absolute Gasteiger partial charge is 0.270 e. The Labute approximate surface area is 155 Å². The summed E-state index contributed by atoms with van der Waals surface area (Å²) in [5, 5.41) is 0. The molecule has 6 heteroatoms. The van der Waals surface area contributed by atoms with Crippen molar-refractivity contribution in [2.24, 2.45) is 5.73 Å². The lowest BCUT2D eigenvalue weighted by atomic mass is 10.1. The van der Waals surface area contributed by atoms with Crippen molar-refractivity contribution in [2.75, 3.05) is 4.90 Å². The van der Waals surface area contributed by atoms with E-state index in [-0.39, 0.29) is 11.5 Å². The number of nitrogens with two attached hydrogens (primary N) is 1. The number of allylic oxidation sites excluding steroid dienone is 2. The number of primary amides is 1. The second-order valence-corrected chi connectivity index (χ2v) is 6.87. The van der Waals surface area contributed by atoms with E-state index in [2.05, 4.69) is 0 Å². The number of rotatable bonds is 4. The molecule has 1 aliphatic rings. The molecule has 1 heterocycles. The topological polar surface area (TPSA) is 63.4 Å². The van der Waals surface area contributed by atoms with Crippen LogP contribution in [-0.2, 0) is 4.79 Å². The average Bonchev–Trinajstić information content (AvgIpc) is 2.89.